The summed E-state index contributed by atoms with van der Waals surface area (Å²) in [5, 5.41) is 0. The van der Waals surface area contributed by atoms with Gasteiger partial charge in [0, 0.05) is 17.2 Å². The first-order valence-corrected chi connectivity index (χ1v) is 7.16. The van der Waals surface area contributed by atoms with E-state index in [1.54, 1.807) is 0 Å². The van der Waals surface area contributed by atoms with E-state index in [1.165, 1.54) is 27.1 Å². The summed E-state index contributed by atoms with van der Waals surface area (Å²) in [5.74, 6) is 0.984. The van der Waals surface area contributed by atoms with Crippen molar-refractivity contribution in [3.05, 3.63) is 64.7 Å². The van der Waals surface area contributed by atoms with Crippen LogP contribution in [0.4, 0.5) is 0 Å². The average Bonchev–Trinajstić information content (AvgIpc) is 2.40. The average molecular weight is 257 g/mol. The van der Waals surface area contributed by atoms with Crippen molar-refractivity contribution < 1.29 is 0 Å². The topological polar surface area (TPSA) is 26.0 Å². The lowest BCUT2D eigenvalue weighted by molar-refractivity contribution is 1.04. The fourth-order valence-corrected chi connectivity index (χ4v) is 3.07. The highest BCUT2D eigenvalue weighted by atomic mass is 32.2. The summed E-state index contributed by atoms with van der Waals surface area (Å²) in [4.78, 5) is 1.36. The molecular weight excluding hydrogens is 238 g/mol. The Hall–Kier alpha value is -1.25. The fourth-order valence-electron chi connectivity index (χ4n) is 1.92. The van der Waals surface area contributed by atoms with Gasteiger partial charge in [-0.25, -0.2) is 0 Å². The van der Waals surface area contributed by atoms with Gasteiger partial charge in [-0.3, -0.25) is 0 Å². The number of aryl methyl sites for hydroxylation is 2. The molecular formula is C16H19NS. The summed E-state index contributed by atoms with van der Waals surface area (Å²) in [6.45, 7) is 4.91. The van der Waals surface area contributed by atoms with Crippen LogP contribution >= 0.6 is 11.8 Å². The molecule has 2 aromatic rings. The molecule has 0 radical (unpaired) electrons. The van der Waals surface area contributed by atoms with Crippen LogP contribution < -0.4 is 5.73 Å². The molecule has 18 heavy (non-hydrogen) atoms. The highest BCUT2D eigenvalue weighted by molar-refractivity contribution is 7.98. The lowest BCUT2D eigenvalue weighted by Gasteiger charge is -2.09. The molecule has 2 rings (SSSR count). The van der Waals surface area contributed by atoms with Crippen LogP contribution in [0.2, 0.25) is 0 Å². The molecule has 2 heteroatoms. The maximum Gasteiger partial charge on any atom is 0.0235 e. The minimum absolute atomic E-state index is 0.615. The summed E-state index contributed by atoms with van der Waals surface area (Å²) < 4.78 is 0. The van der Waals surface area contributed by atoms with Crippen LogP contribution in [0.25, 0.3) is 0 Å². The van der Waals surface area contributed by atoms with Gasteiger partial charge in [-0.15, -0.1) is 11.8 Å². The fraction of sp³-hybridized carbons (Fsp3) is 0.250. The number of rotatable bonds is 4. The van der Waals surface area contributed by atoms with Crippen molar-refractivity contribution in [3.63, 3.8) is 0 Å². The van der Waals surface area contributed by atoms with Crippen molar-refractivity contribution in [1.29, 1.82) is 0 Å². The zero-order valence-corrected chi connectivity index (χ0v) is 11.8. The lowest BCUT2D eigenvalue weighted by atomic mass is 10.1. The zero-order valence-electron chi connectivity index (χ0n) is 10.9. The minimum atomic E-state index is 0.615. The Morgan fingerprint density at radius 3 is 2.44 bits per heavy atom. The first-order valence-electron chi connectivity index (χ1n) is 6.17. The maximum absolute atomic E-state index is 5.76. The Morgan fingerprint density at radius 1 is 1.00 bits per heavy atom. The van der Waals surface area contributed by atoms with Crippen LogP contribution in [-0.4, -0.2) is 0 Å². The monoisotopic (exact) mass is 257 g/mol. The number of hydrogen-bond acceptors (Lipinski definition) is 2. The molecule has 0 amide bonds. The van der Waals surface area contributed by atoms with Gasteiger partial charge in [0.1, 0.15) is 0 Å². The van der Waals surface area contributed by atoms with Gasteiger partial charge in [0.05, 0.1) is 0 Å². The smallest absolute Gasteiger partial charge is 0.0235 e. The third-order valence-electron chi connectivity index (χ3n) is 3.07. The molecule has 0 atom stereocenters. The molecule has 0 bridgehead atoms. The van der Waals surface area contributed by atoms with Crippen molar-refractivity contribution in [1.82, 2.24) is 0 Å². The van der Waals surface area contributed by atoms with Gasteiger partial charge in [-0.2, -0.15) is 0 Å². The Balaban J connectivity index is 2.14. The van der Waals surface area contributed by atoms with Gasteiger partial charge in [-0.05, 0) is 36.6 Å². The second kappa shape index (κ2) is 6.07. The highest BCUT2D eigenvalue weighted by Crippen LogP contribution is 2.27. The van der Waals surface area contributed by atoms with E-state index in [0.29, 0.717) is 6.54 Å². The molecule has 0 fully saturated rings. The van der Waals surface area contributed by atoms with Crippen LogP contribution in [0.15, 0.2) is 47.4 Å². The molecule has 94 valence electrons. The summed E-state index contributed by atoms with van der Waals surface area (Å²) in [7, 11) is 0. The first kappa shape index (κ1) is 13.2. The normalized spacial score (nSPS) is 10.6. The quantitative estimate of drug-likeness (QED) is 0.836. The minimum Gasteiger partial charge on any atom is -0.326 e. The van der Waals surface area contributed by atoms with E-state index in [9.17, 15) is 0 Å². The molecule has 0 spiro atoms. The van der Waals surface area contributed by atoms with Crippen LogP contribution in [0, 0.1) is 13.8 Å². The van der Waals surface area contributed by atoms with E-state index < -0.39 is 0 Å². The standard InChI is InChI=1S/C16H19NS/c1-12-7-8-13(2)16(9-12)18-11-15-6-4-3-5-14(15)10-17/h3-9H,10-11,17H2,1-2H3. The van der Waals surface area contributed by atoms with Gasteiger partial charge in [-0.1, -0.05) is 42.0 Å². The number of hydrogen-bond donors (Lipinski definition) is 1. The van der Waals surface area contributed by atoms with E-state index in [4.69, 9.17) is 5.73 Å². The Labute approximate surface area is 113 Å². The summed E-state index contributed by atoms with van der Waals surface area (Å²) >= 11 is 1.89. The summed E-state index contributed by atoms with van der Waals surface area (Å²) in [5.41, 5.74) is 11.0. The predicted molar refractivity (Wildman–Crippen MR) is 79.8 cm³/mol. The van der Waals surface area contributed by atoms with Crippen molar-refractivity contribution in [2.24, 2.45) is 5.73 Å². The molecule has 0 aliphatic rings. The number of benzene rings is 2. The van der Waals surface area contributed by atoms with Gasteiger partial charge >= 0.3 is 0 Å². The zero-order chi connectivity index (χ0) is 13.0. The van der Waals surface area contributed by atoms with Gasteiger partial charge in [0.25, 0.3) is 0 Å². The molecule has 2 N–H and O–H groups in total. The van der Waals surface area contributed by atoms with Crippen LogP contribution in [0.1, 0.15) is 22.3 Å². The number of thioether (sulfide) groups is 1. The molecule has 0 heterocycles. The Kier molecular flexibility index (Phi) is 4.45. The molecule has 0 saturated heterocycles. The van der Waals surface area contributed by atoms with Gasteiger partial charge in [0.2, 0.25) is 0 Å². The predicted octanol–water partition coefficient (Wildman–Crippen LogP) is 4.05. The second-order valence-electron chi connectivity index (χ2n) is 4.53. The first-order chi connectivity index (χ1) is 8.70. The summed E-state index contributed by atoms with van der Waals surface area (Å²) in [6.07, 6.45) is 0. The van der Waals surface area contributed by atoms with Crippen molar-refractivity contribution in [3.8, 4) is 0 Å². The lowest BCUT2D eigenvalue weighted by Crippen LogP contribution is -2.00. The molecule has 0 aliphatic heterocycles. The van der Waals surface area contributed by atoms with E-state index in [0.717, 1.165) is 5.75 Å². The van der Waals surface area contributed by atoms with Crippen molar-refractivity contribution >= 4 is 11.8 Å². The van der Waals surface area contributed by atoms with Gasteiger partial charge < -0.3 is 5.73 Å². The molecule has 0 saturated carbocycles. The molecule has 2 aromatic carbocycles. The third kappa shape index (κ3) is 3.15. The van der Waals surface area contributed by atoms with E-state index >= 15 is 0 Å². The Morgan fingerprint density at radius 2 is 1.72 bits per heavy atom. The maximum atomic E-state index is 5.76. The largest absolute Gasteiger partial charge is 0.326 e. The van der Waals surface area contributed by atoms with Crippen molar-refractivity contribution in [2.45, 2.75) is 31.0 Å². The molecule has 0 aliphatic carbocycles. The molecule has 0 aromatic heterocycles. The van der Waals surface area contributed by atoms with Crippen LogP contribution in [-0.2, 0) is 12.3 Å². The molecule has 0 unspecified atom stereocenters. The third-order valence-corrected chi connectivity index (χ3v) is 4.27. The van der Waals surface area contributed by atoms with Gasteiger partial charge in [0.15, 0.2) is 0 Å². The highest BCUT2D eigenvalue weighted by Gasteiger charge is 2.03. The number of nitrogens with two attached hydrogens (primary N) is 1. The second-order valence-corrected chi connectivity index (χ2v) is 5.55. The SMILES string of the molecule is Cc1ccc(C)c(SCc2ccccc2CN)c1. The Bertz CT molecular complexity index is 534. The van der Waals surface area contributed by atoms with E-state index in [1.807, 2.05) is 17.8 Å². The summed E-state index contributed by atoms with van der Waals surface area (Å²) in [6, 6.07) is 15.0. The van der Waals surface area contributed by atoms with Crippen LogP contribution in [0.5, 0.6) is 0 Å². The van der Waals surface area contributed by atoms with E-state index in [-0.39, 0.29) is 0 Å². The van der Waals surface area contributed by atoms with Crippen molar-refractivity contribution in [2.75, 3.05) is 0 Å². The van der Waals surface area contributed by atoms with Crippen LogP contribution in [0.3, 0.4) is 0 Å². The molecule has 1 nitrogen and oxygen atoms in total. The van der Waals surface area contributed by atoms with E-state index in [2.05, 4.69) is 50.2 Å².